The summed E-state index contributed by atoms with van der Waals surface area (Å²) in [5.74, 6) is 0.275. The molecule has 0 spiro atoms. The number of carbonyl (C=O) groups is 1. The minimum absolute atomic E-state index is 0.00368. The molecule has 134 valence electrons. The molecule has 1 aromatic carbocycles. The van der Waals surface area contributed by atoms with Crippen molar-refractivity contribution in [1.82, 2.24) is 14.7 Å². The molecule has 0 aliphatic heterocycles. The van der Waals surface area contributed by atoms with Gasteiger partial charge in [-0.25, -0.2) is 4.98 Å². The maximum Gasteiger partial charge on any atom is 0.270 e. The number of pyridine rings is 1. The third-order valence-corrected chi connectivity index (χ3v) is 3.87. The minimum Gasteiger partial charge on any atom is -0.492 e. The molecule has 26 heavy (non-hydrogen) atoms. The SMILES string of the molecule is Cc1ccn2c(C(=O)NCCOc3ccc([N+](=O)[O-])cc3)c(C)nc2c1. The highest BCUT2D eigenvalue weighted by Crippen LogP contribution is 2.17. The first-order valence-electron chi connectivity index (χ1n) is 8.06. The van der Waals surface area contributed by atoms with E-state index in [4.69, 9.17) is 4.74 Å². The number of imidazole rings is 1. The van der Waals surface area contributed by atoms with E-state index in [-0.39, 0.29) is 18.2 Å². The second-order valence-corrected chi connectivity index (χ2v) is 5.83. The van der Waals surface area contributed by atoms with Gasteiger partial charge in [0.05, 0.1) is 17.2 Å². The van der Waals surface area contributed by atoms with Crippen LogP contribution in [0.25, 0.3) is 5.65 Å². The van der Waals surface area contributed by atoms with Gasteiger partial charge in [0, 0.05) is 18.3 Å². The van der Waals surface area contributed by atoms with Gasteiger partial charge in [-0.3, -0.25) is 19.3 Å². The average Bonchev–Trinajstić information content (AvgIpc) is 2.93. The van der Waals surface area contributed by atoms with E-state index in [1.54, 1.807) is 11.3 Å². The fourth-order valence-corrected chi connectivity index (χ4v) is 2.62. The number of benzene rings is 1. The molecule has 0 unspecified atom stereocenters. The number of hydrogen-bond donors (Lipinski definition) is 1. The van der Waals surface area contributed by atoms with Crippen LogP contribution in [0.3, 0.4) is 0 Å². The van der Waals surface area contributed by atoms with Crippen LogP contribution in [-0.2, 0) is 0 Å². The van der Waals surface area contributed by atoms with Crippen molar-refractivity contribution in [2.75, 3.05) is 13.2 Å². The minimum atomic E-state index is -0.469. The van der Waals surface area contributed by atoms with Gasteiger partial charge in [-0.05, 0) is 43.7 Å². The van der Waals surface area contributed by atoms with Crippen molar-refractivity contribution in [1.29, 1.82) is 0 Å². The molecule has 1 N–H and O–H groups in total. The Kier molecular flexibility index (Phi) is 4.83. The third kappa shape index (κ3) is 3.64. The van der Waals surface area contributed by atoms with Gasteiger partial charge in [-0.1, -0.05) is 0 Å². The maximum absolute atomic E-state index is 12.5. The predicted molar refractivity (Wildman–Crippen MR) is 95.6 cm³/mol. The Balaban J connectivity index is 1.58. The van der Waals surface area contributed by atoms with E-state index in [2.05, 4.69) is 10.3 Å². The Morgan fingerprint density at radius 3 is 2.69 bits per heavy atom. The molecule has 3 rings (SSSR count). The zero-order valence-corrected chi connectivity index (χ0v) is 14.4. The van der Waals surface area contributed by atoms with Crippen molar-refractivity contribution in [2.24, 2.45) is 0 Å². The number of hydrogen-bond acceptors (Lipinski definition) is 5. The Labute approximate surface area is 149 Å². The number of nitrogens with one attached hydrogen (secondary N) is 1. The summed E-state index contributed by atoms with van der Waals surface area (Å²) >= 11 is 0. The smallest absolute Gasteiger partial charge is 0.270 e. The normalized spacial score (nSPS) is 10.7. The summed E-state index contributed by atoms with van der Waals surface area (Å²) in [5, 5.41) is 13.4. The Hall–Kier alpha value is -3.42. The highest BCUT2D eigenvalue weighted by atomic mass is 16.6. The monoisotopic (exact) mass is 354 g/mol. The van der Waals surface area contributed by atoms with Gasteiger partial charge in [0.1, 0.15) is 23.7 Å². The number of aromatic nitrogens is 2. The lowest BCUT2D eigenvalue weighted by Gasteiger charge is -2.08. The lowest BCUT2D eigenvalue weighted by atomic mass is 10.3. The highest BCUT2D eigenvalue weighted by Gasteiger charge is 2.16. The van der Waals surface area contributed by atoms with Crippen LogP contribution in [0.2, 0.25) is 0 Å². The highest BCUT2D eigenvalue weighted by molar-refractivity contribution is 5.94. The Morgan fingerprint density at radius 1 is 1.27 bits per heavy atom. The van der Waals surface area contributed by atoms with Gasteiger partial charge >= 0.3 is 0 Å². The summed E-state index contributed by atoms with van der Waals surface area (Å²) in [6.07, 6.45) is 1.83. The van der Waals surface area contributed by atoms with Crippen LogP contribution in [0, 0.1) is 24.0 Å². The molecule has 0 saturated heterocycles. The number of nitrogens with zero attached hydrogens (tertiary/aromatic N) is 3. The fourth-order valence-electron chi connectivity index (χ4n) is 2.62. The molecule has 0 radical (unpaired) electrons. The van der Waals surface area contributed by atoms with Crippen LogP contribution in [0.5, 0.6) is 5.75 Å². The second kappa shape index (κ2) is 7.22. The molecule has 3 aromatic rings. The number of amides is 1. The molecule has 0 saturated carbocycles. The zero-order valence-electron chi connectivity index (χ0n) is 14.4. The topological polar surface area (TPSA) is 98.8 Å². The molecule has 0 bridgehead atoms. The number of fused-ring (bicyclic) bond motifs is 1. The molecule has 0 aliphatic carbocycles. The van der Waals surface area contributed by atoms with E-state index in [1.807, 2.05) is 25.3 Å². The van der Waals surface area contributed by atoms with Gasteiger partial charge in [0.25, 0.3) is 11.6 Å². The Bertz CT molecular complexity index is 963. The standard InChI is InChI=1S/C18H18N4O4/c1-12-7-9-21-16(11-12)20-13(2)17(21)18(23)19-8-10-26-15-5-3-14(4-6-15)22(24)25/h3-7,9,11H,8,10H2,1-2H3,(H,19,23). The lowest BCUT2D eigenvalue weighted by Crippen LogP contribution is -2.29. The summed E-state index contributed by atoms with van der Waals surface area (Å²) < 4.78 is 7.24. The van der Waals surface area contributed by atoms with Crippen molar-refractivity contribution >= 4 is 17.2 Å². The summed E-state index contributed by atoms with van der Waals surface area (Å²) in [6, 6.07) is 9.63. The summed E-state index contributed by atoms with van der Waals surface area (Å²) in [7, 11) is 0. The van der Waals surface area contributed by atoms with Gasteiger partial charge in [0.15, 0.2) is 0 Å². The predicted octanol–water partition coefficient (Wildman–Crippen LogP) is 2.67. The quantitative estimate of drug-likeness (QED) is 0.417. The molecule has 0 aliphatic rings. The first-order valence-corrected chi connectivity index (χ1v) is 8.06. The number of rotatable bonds is 6. The molecular formula is C18H18N4O4. The number of nitro benzene ring substituents is 1. The van der Waals surface area contributed by atoms with Crippen LogP contribution >= 0.6 is 0 Å². The van der Waals surface area contributed by atoms with E-state index in [0.29, 0.717) is 23.7 Å². The van der Waals surface area contributed by atoms with Crippen molar-refractivity contribution in [3.8, 4) is 5.75 Å². The van der Waals surface area contributed by atoms with Crippen molar-refractivity contribution < 1.29 is 14.5 Å². The van der Waals surface area contributed by atoms with Gasteiger partial charge < -0.3 is 10.1 Å². The number of aryl methyl sites for hydroxylation is 2. The van der Waals surface area contributed by atoms with Gasteiger partial charge in [-0.2, -0.15) is 0 Å². The van der Waals surface area contributed by atoms with Crippen molar-refractivity contribution in [2.45, 2.75) is 13.8 Å². The molecule has 1 amide bonds. The third-order valence-electron chi connectivity index (χ3n) is 3.87. The van der Waals surface area contributed by atoms with E-state index in [0.717, 1.165) is 11.2 Å². The summed E-state index contributed by atoms with van der Waals surface area (Å²) in [6.45, 7) is 4.32. The molecule has 2 heterocycles. The van der Waals surface area contributed by atoms with Crippen LogP contribution in [0.1, 0.15) is 21.7 Å². The van der Waals surface area contributed by atoms with E-state index >= 15 is 0 Å². The summed E-state index contributed by atoms with van der Waals surface area (Å²) in [5.41, 5.74) is 2.96. The van der Waals surface area contributed by atoms with Crippen LogP contribution in [0.4, 0.5) is 5.69 Å². The first-order chi connectivity index (χ1) is 12.5. The van der Waals surface area contributed by atoms with Crippen molar-refractivity contribution in [3.05, 3.63) is 69.7 Å². The first kappa shape index (κ1) is 17.4. The number of non-ortho nitro benzene ring substituents is 1. The molecule has 0 fully saturated rings. The fraction of sp³-hybridized carbons (Fsp3) is 0.222. The van der Waals surface area contributed by atoms with Gasteiger partial charge in [0.2, 0.25) is 0 Å². The van der Waals surface area contributed by atoms with Crippen LogP contribution in [0.15, 0.2) is 42.6 Å². The largest absolute Gasteiger partial charge is 0.492 e. The maximum atomic E-state index is 12.5. The molecule has 8 heteroatoms. The van der Waals surface area contributed by atoms with Crippen molar-refractivity contribution in [3.63, 3.8) is 0 Å². The number of nitro groups is 1. The molecule has 2 aromatic heterocycles. The summed E-state index contributed by atoms with van der Waals surface area (Å²) in [4.78, 5) is 27.0. The number of ether oxygens (including phenoxy) is 1. The van der Waals surface area contributed by atoms with E-state index in [9.17, 15) is 14.9 Å². The van der Waals surface area contributed by atoms with Gasteiger partial charge in [-0.15, -0.1) is 0 Å². The zero-order chi connectivity index (χ0) is 18.7. The van der Waals surface area contributed by atoms with E-state index in [1.165, 1.54) is 24.3 Å². The average molecular weight is 354 g/mol. The molecule has 8 nitrogen and oxygen atoms in total. The van der Waals surface area contributed by atoms with E-state index < -0.39 is 4.92 Å². The number of carbonyl (C=O) groups excluding carboxylic acids is 1. The second-order valence-electron chi connectivity index (χ2n) is 5.83. The lowest BCUT2D eigenvalue weighted by molar-refractivity contribution is -0.384. The molecule has 0 atom stereocenters. The Morgan fingerprint density at radius 2 is 2.00 bits per heavy atom. The molecular weight excluding hydrogens is 336 g/mol. The van der Waals surface area contributed by atoms with Crippen LogP contribution in [-0.4, -0.2) is 33.4 Å². The van der Waals surface area contributed by atoms with Crippen LogP contribution < -0.4 is 10.1 Å².